The molecule has 0 saturated heterocycles. The predicted octanol–water partition coefficient (Wildman–Crippen LogP) is 2.89. The van der Waals surface area contributed by atoms with E-state index in [0.29, 0.717) is 5.69 Å². The number of nitrogens with zero attached hydrogens (tertiary/aromatic N) is 1. The first kappa shape index (κ1) is 23.3. The van der Waals surface area contributed by atoms with Gasteiger partial charge in [0, 0.05) is 25.5 Å². The molecule has 8 nitrogen and oxygen atoms in total. The largest absolute Gasteiger partial charge is 0.573 e. The quantitative estimate of drug-likeness (QED) is 0.646. The van der Waals surface area contributed by atoms with Crippen LogP contribution >= 0.6 is 0 Å². The van der Waals surface area contributed by atoms with Crippen molar-refractivity contribution in [3.8, 4) is 11.5 Å². The van der Waals surface area contributed by atoms with E-state index < -0.39 is 22.3 Å². The summed E-state index contributed by atoms with van der Waals surface area (Å²) in [4.78, 5) is 12.0. The molecule has 0 saturated carbocycles. The van der Waals surface area contributed by atoms with Crippen molar-refractivity contribution in [2.45, 2.75) is 11.3 Å². The molecule has 1 amide bonds. The Kier molecular flexibility index (Phi) is 7.16. The Morgan fingerprint density at radius 3 is 2.20 bits per heavy atom. The molecule has 0 aliphatic carbocycles. The van der Waals surface area contributed by atoms with Crippen molar-refractivity contribution in [1.82, 2.24) is 4.31 Å². The highest BCUT2D eigenvalue weighted by Crippen LogP contribution is 2.29. The number of carbonyl (C=O) groups is 1. The lowest BCUT2D eigenvalue weighted by molar-refractivity contribution is -0.274. The van der Waals surface area contributed by atoms with Crippen LogP contribution in [0, 0.1) is 0 Å². The molecule has 0 spiro atoms. The topological polar surface area (TPSA) is 97.0 Å². The number of anilines is 2. The van der Waals surface area contributed by atoms with Gasteiger partial charge in [0.25, 0.3) is 0 Å². The Morgan fingerprint density at radius 2 is 1.67 bits per heavy atom. The van der Waals surface area contributed by atoms with Gasteiger partial charge in [0.15, 0.2) is 0 Å². The molecule has 0 radical (unpaired) electrons. The number of hydrogen-bond acceptors (Lipinski definition) is 6. The van der Waals surface area contributed by atoms with Gasteiger partial charge in [-0.25, -0.2) is 12.7 Å². The van der Waals surface area contributed by atoms with Gasteiger partial charge < -0.3 is 20.1 Å². The van der Waals surface area contributed by atoms with E-state index in [4.69, 9.17) is 4.74 Å². The van der Waals surface area contributed by atoms with Gasteiger partial charge in [-0.05, 0) is 42.5 Å². The molecule has 2 aromatic carbocycles. The second-order valence-corrected chi connectivity index (χ2v) is 8.25. The van der Waals surface area contributed by atoms with E-state index in [1.54, 1.807) is 0 Å². The summed E-state index contributed by atoms with van der Waals surface area (Å²) in [5.41, 5.74) is 0.627. The smallest absolute Gasteiger partial charge is 0.495 e. The summed E-state index contributed by atoms with van der Waals surface area (Å²) < 4.78 is 71.2. The molecule has 0 unspecified atom stereocenters. The fraction of sp³-hybridized carbons (Fsp3) is 0.278. The van der Waals surface area contributed by atoms with Gasteiger partial charge >= 0.3 is 6.36 Å². The number of rotatable bonds is 8. The standard InChI is InChI=1S/C18H20F3N3O5S/c1-24(2)30(26,27)16-10-13(6-9-15(16)28-3)23-17(25)11-22-12-4-7-14(8-5-12)29-18(19,20)21/h4-10,22H,11H2,1-3H3,(H,23,25). The zero-order chi connectivity index (χ0) is 22.5. The van der Waals surface area contributed by atoms with Crippen LogP contribution in [0.1, 0.15) is 0 Å². The Balaban J connectivity index is 2.03. The Bertz CT molecular complexity index is 993. The van der Waals surface area contributed by atoms with Crippen molar-refractivity contribution in [3.05, 3.63) is 42.5 Å². The van der Waals surface area contributed by atoms with Gasteiger partial charge in [-0.3, -0.25) is 4.79 Å². The number of halogens is 3. The number of ether oxygens (including phenoxy) is 2. The zero-order valence-electron chi connectivity index (χ0n) is 16.3. The van der Waals surface area contributed by atoms with Crippen LogP contribution < -0.4 is 20.1 Å². The second kappa shape index (κ2) is 9.22. The van der Waals surface area contributed by atoms with Crippen molar-refractivity contribution in [1.29, 1.82) is 0 Å². The maximum Gasteiger partial charge on any atom is 0.573 e. The first-order chi connectivity index (χ1) is 13.9. The van der Waals surface area contributed by atoms with Crippen LogP contribution in [0.3, 0.4) is 0 Å². The number of sulfonamides is 1. The van der Waals surface area contributed by atoms with Crippen LogP contribution in [0.25, 0.3) is 0 Å². The minimum atomic E-state index is -4.79. The molecule has 2 rings (SSSR count). The number of carbonyl (C=O) groups excluding carboxylic acids is 1. The summed E-state index contributed by atoms with van der Waals surface area (Å²) in [6, 6.07) is 9.03. The third-order valence-electron chi connectivity index (χ3n) is 3.75. The van der Waals surface area contributed by atoms with Gasteiger partial charge in [-0.15, -0.1) is 13.2 Å². The first-order valence-corrected chi connectivity index (χ1v) is 9.86. The molecule has 12 heteroatoms. The number of hydrogen-bond donors (Lipinski definition) is 2. The lowest BCUT2D eigenvalue weighted by Gasteiger charge is -2.16. The van der Waals surface area contributed by atoms with Crippen molar-refractivity contribution in [3.63, 3.8) is 0 Å². The Morgan fingerprint density at radius 1 is 1.07 bits per heavy atom. The van der Waals surface area contributed by atoms with Gasteiger partial charge in [0.1, 0.15) is 16.4 Å². The molecule has 0 bridgehead atoms. The first-order valence-electron chi connectivity index (χ1n) is 8.42. The van der Waals surface area contributed by atoms with E-state index in [-0.39, 0.29) is 28.6 Å². The van der Waals surface area contributed by atoms with Gasteiger partial charge in [0.05, 0.1) is 13.7 Å². The summed E-state index contributed by atoms with van der Waals surface area (Å²) in [7, 11) is 0.270. The SMILES string of the molecule is COc1ccc(NC(=O)CNc2ccc(OC(F)(F)F)cc2)cc1S(=O)(=O)N(C)C. The third-order valence-corrected chi connectivity index (χ3v) is 5.58. The average molecular weight is 447 g/mol. The van der Waals surface area contributed by atoms with E-state index in [1.807, 2.05) is 0 Å². The fourth-order valence-corrected chi connectivity index (χ4v) is 3.39. The molecule has 30 heavy (non-hydrogen) atoms. The maximum atomic E-state index is 12.4. The molecule has 2 aromatic rings. The second-order valence-electron chi connectivity index (χ2n) is 6.13. The molecule has 0 aromatic heterocycles. The molecule has 0 aliphatic heterocycles. The van der Waals surface area contributed by atoms with E-state index in [9.17, 15) is 26.4 Å². The molecule has 0 heterocycles. The normalized spacial score (nSPS) is 11.8. The maximum absolute atomic E-state index is 12.4. The molecule has 0 atom stereocenters. The lowest BCUT2D eigenvalue weighted by Crippen LogP contribution is -2.24. The van der Waals surface area contributed by atoms with E-state index in [0.717, 1.165) is 16.4 Å². The fourth-order valence-electron chi connectivity index (χ4n) is 2.31. The van der Waals surface area contributed by atoms with Gasteiger partial charge in [-0.2, -0.15) is 0 Å². The molecular weight excluding hydrogens is 427 g/mol. The van der Waals surface area contributed by atoms with Crippen LogP contribution in [0.15, 0.2) is 47.4 Å². The molecular formula is C18H20F3N3O5S. The number of alkyl halides is 3. The number of nitrogens with one attached hydrogen (secondary N) is 2. The van der Waals surface area contributed by atoms with E-state index in [2.05, 4.69) is 15.4 Å². The summed E-state index contributed by atoms with van der Waals surface area (Å²) >= 11 is 0. The van der Waals surface area contributed by atoms with Gasteiger partial charge in [-0.1, -0.05) is 0 Å². The van der Waals surface area contributed by atoms with Crippen molar-refractivity contribution < 1.29 is 35.9 Å². The number of amides is 1. The van der Waals surface area contributed by atoms with E-state index >= 15 is 0 Å². The molecule has 164 valence electrons. The van der Waals surface area contributed by atoms with Crippen molar-refractivity contribution >= 4 is 27.3 Å². The Hall–Kier alpha value is -2.99. The summed E-state index contributed by atoms with van der Waals surface area (Å²) in [6.07, 6.45) is -4.79. The molecule has 0 aliphatic rings. The minimum Gasteiger partial charge on any atom is -0.495 e. The molecule has 2 N–H and O–H groups in total. The third kappa shape index (κ3) is 6.26. The highest BCUT2D eigenvalue weighted by atomic mass is 32.2. The predicted molar refractivity (Wildman–Crippen MR) is 104 cm³/mol. The summed E-state index contributed by atoms with van der Waals surface area (Å²) in [6.45, 7) is -0.207. The highest BCUT2D eigenvalue weighted by Gasteiger charge is 2.31. The highest BCUT2D eigenvalue weighted by molar-refractivity contribution is 7.89. The number of benzene rings is 2. The van der Waals surface area contributed by atoms with Crippen LogP contribution in [-0.2, 0) is 14.8 Å². The van der Waals surface area contributed by atoms with Crippen LogP contribution in [-0.4, -0.2) is 52.7 Å². The van der Waals surface area contributed by atoms with Crippen LogP contribution in [0.2, 0.25) is 0 Å². The summed E-state index contributed by atoms with van der Waals surface area (Å²) in [5.74, 6) is -0.754. The van der Waals surface area contributed by atoms with Crippen LogP contribution in [0.5, 0.6) is 11.5 Å². The summed E-state index contributed by atoms with van der Waals surface area (Å²) in [5, 5.41) is 5.28. The average Bonchev–Trinajstić information content (AvgIpc) is 2.66. The van der Waals surface area contributed by atoms with E-state index in [1.165, 1.54) is 51.5 Å². The van der Waals surface area contributed by atoms with Crippen LogP contribution in [0.4, 0.5) is 24.5 Å². The van der Waals surface area contributed by atoms with Crippen molar-refractivity contribution in [2.75, 3.05) is 38.4 Å². The zero-order valence-corrected chi connectivity index (χ0v) is 17.1. The van der Waals surface area contributed by atoms with Crippen molar-refractivity contribution in [2.24, 2.45) is 0 Å². The number of methoxy groups -OCH3 is 1. The monoisotopic (exact) mass is 447 g/mol. The minimum absolute atomic E-state index is 0.110. The lowest BCUT2D eigenvalue weighted by atomic mass is 10.3. The van der Waals surface area contributed by atoms with Gasteiger partial charge in [0.2, 0.25) is 15.9 Å². The Labute approximate surface area is 171 Å². The molecule has 0 fully saturated rings.